The maximum Gasteiger partial charge on any atom is 0.326 e. The molecule has 0 aliphatic heterocycles. The van der Waals surface area contributed by atoms with E-state index < -0.39 is 23.9 Å². The summed E-state index contributed by atoms with van der Waals surface area (Å²) >= 11 is 0. The number of aliphatic carboxylic acids is 2. The number of nitrogens with one attached hydrogen (secondary N) is 1. The van der Waals surface area contributed by atoms with Crippen LogP contribution < -0.4 is 5.32 Å². The first-order chi connectivity index (χ1) is 16.0. The fraction of sp³-hybridized carbons (Fsp3) is 0.444. The van der Waals surface area contributed by atoms with Gasteiger partial charge in [-0.3, -0.25) is 9.59 Å². The quantitative estimate of drug-likeness (QED) is 0.127. The molecule has 1 amide bonds. The smallest absolute Gasteiger partial charge is 0.326 e. The Morgan fingerprint density at radius 2 is 1.24 bits per heavy atom. The second kappa shape index (κ2) is 22.1. The molecule has 3 N–H and O–H groups in total. The van der Waals surface area contributed by atoms with Crippen molar-refractivity contribution >= 4 is 17.8 Å². The van der Waals surface area contributed by atoms with E-state index in [1.807, 2.05) is 30.4 Å². The molecule has 182 valence electrons. The van der Waals surface area contributed by atoms with E-state index in [9.17, 15) is 14.4 Å². The zero-order valence-electron chi connectivity index (χ0n) is 19.7. The maximum atomic E-state index is 11.7. The number of amides is 1. The molecule has 0 aliphatic carbocycles. The monoisotopic (exact) mass is 457 g/mol. The summed E-state index contributed by atoms with van der Waals surface area (Å²) in [6, 6.07) is -1.23. The van der Waals surface area contributed by atoms with Crippen molar-refractivity contribution in [2.75, 3.05) is 0 Å². The van der Waals surface area contributed by atoms with Gasteiger partial charge in [0.25, 0.3) is 0 Å². The zero-order valence-corrected chi connectivity index (χ0v) is 19.7. The van der Waals surface area contributed by atoms with Gasteiger partial charge in [0.2, 0.25) is 5.91 Å². The van der Waals surface area contributed by atoms with Crippen LogP contribution in [0.15, 0.2) is 72.9 Å². The molecule has 0 saturated carbocycles. The van der Waals surface area contributed by atoms with Gasteiger partial charge in [-0.2, -0.15) is 0 Å². The second-order valence-corrected chi connectivity index (χ2v) is 7.57. The number of allylic oxidation sites excluding steroid dienone is 11. The van der Waals surface area contributed by atoms with Crippen LogP contribution in [0.5, 0.6) is 0 Å². The summed E-state index contributed by atoms with van der Waals surface area (Å²) in [5.41, 5.74) is 0. The van der Waals surface area contributed by atoms with Gasteiger partial charge >= 0.3 is 11.9 Å². The van der Waals surface area contributed by atoms with Crippen molar-refractivity contribution in [3.05, 3.63) is 72.9 Å². The van der Waals surface area contributed by atoms with Gasteiger partial charge in [-0.25, -0.2) is 4.79 Å². The maximum absolute atomic E-state index is 11.7. The Hall–Kier alpha value is -3.15. The fourth-order valence-corrected chi connectivity index (χ4v) is 2.80. The second-order valence-electron chi connectivity index (χ2n) is 7.57. The van der Waals surface area contributed by atoms with Crippen LogP contribution in [0, 0.1) is 0 Å². The summed E-state index contributed by atoms with van der Waals surface area (Å²) in [5, 5.41) is 19.9. The highest BCUT2D eigenvalue weighted by molar-refractivity contribution is 5.91. The van der Waals surface area contributed by atoms with E-state index in [1.54, 1.807) is 18.2 Å². The number of carboxylic acids is 2. The van der Waals surface area contributed by atoms with Gasteiger partial charge in [-0.15, -0.1) is 0 Å². The number of carbonyl (C=O) groups is 3. The van der Waals surface area contributed by atoms with Gasteiger partial charge in [0.15, 0.2) is 0 Å². The molecule has 0 spiro atoms. The molecule has 0 unspecified atom stereocenters. The van der Waals surface area contributed by atoms with E-state index in [2.05, 4.69) is 24.4 Å². The molecular weight excluding hydrogens is 418 g/mol. The average Bonchev–Trinajstić information content (AvgIpc) is 2.77. The molecule has 0 aromatic rings. The molecule has 0 saturated heterocycles. The van der Waals surface area contributed by atoms with Gasteiger partial charge in [0, 0.05) is 12.5 Å². The number of rotatable bonds is 19. The van der Waals surface area contributed by atoms with Crippen molar-refractivity contribution in [2.45, 2.75) is 77.2 Å². The van der Waals surface area contributed by atoms with Crippen molar-refractivity contribution in [3.8, 4) is 0 Å². The lowest BCUT2D eigenvalue weighted by molar-refractivity contribution is -0.142. The number of hydrogen-bond acceptors (Lipinski definition) is 3. The third kappa shape index (κ3) is 21.9. The molecule has 33 heavy (non-hydrogen) atoms. The van der Waals surface area contributed by atoms with Crippen molar-refractivity contribution in [2.24, 2.45) is 0 Å². The Kier molecular flexibility index (Phi) is 20.0. The Balaban J connectivity index is 3.98. The minimum absolute atomic E-state index is 0.168. The third-order valence-corrected chi connectivity index (χ3v) is 4.62. The molecule has 1 atom stereocenters. The number of unbranched alkanes of at least 4 members (excludes halogenated alkanes) is 7. The van der Waals surface area contributed by atoms with Gasteiger partial charge in [-0.05, 0) is 19.3 Å². The van der Waals surface area contributed by atoms with Gasteiger partial charge in [0.05, 0.1) is 0 Å². The highest BCUT2D eigenvalue weighted by atomic mass is 16.4. The fourth-order valence-electron chi connectivity index (χ4n) is 2.80. The molecule has 0 rings (SSSR count). The Bertz CT molecular complexity index is 729. The third-order valence-electron chi connectivity index (χ3n) is 4.62. The lowest BCUT2D eigenvalue weighted by Gasteiger charge is -2.11. The highest BCUT2D eigenvalue weighted by Crippen LogP contribution is 2.08. The van der Waals surface area contributed by atoms with Gasteiger partial charge in [-0.1, -0.05) is 112 Å². The van der Waals surface area contributed by atoms with Crippen LogP contribution in [0.1, 0.15) is 71.1 Å². The van der Waals surface area contributed by atoms with E-state index in [1.165, 1.54) is 57.1 Å². The summed E-state index contributed by atoms with van der Waals surface area (Å²) in [4.78, 5) is 33.3. The van der Waals surface area contributed by atoms with E-state index in [4.69, 9.17) is 10.2 Å². The van der Waals surface area contributed by atoms with E-state index in [0.29, 0.717) is 0 Å². The first kappa shape index (κ1) is 29.9. The SMILES string of the molecule is CCCCCCCCC/C=C/C=C/C=C/C=C/C=C/C=C/C(=O)N[C@@H](CCC(=O)O)C(=O)O. The lowest BCUT2D eigenvalue weighted by Crippen LogP contribution is -2.40. The van der Waals surface area contributed by atoms with Crippen molar-refractivity contribution in [3.63, 3.8) is 0 Å². The molecule has 0 heterocycles. The van der Waals surface area contributed by atoms with Crippen LogP contribution in [0.4, 0.5) is 0 Å². The van der Waals surface area contributed by atoms with Crippen molar-refractivity contribution in [1.82, 2.24) is 5.32 Å². The highest BCUT2D eigenvalue weighted by Gasteiger charge is 2.19. The Morgan fingerprint density at radius 1 is 0.727 bits per heavy atom. The zero-order chi connectivity index (χ0) is 24.6. The molecule has 6 heteroatoms. The molecule has 0 radical (unpaired) electrons. The molecular formula is C27H39NO5. The molecule has 0 bridgehead atoms. The van der Waals surface area contributed by atoms with E-state index >= 15 is 0 Å². The van der Waals surface area contributed by atoms with Crippen LogP contribution in [-0.2, 0) is 14.4 Å². The summed E-state index contributed by atoms with van der Waals surface area (Å²) in [6.07, 6.45) is 31.7. The van der Waals surface area contributed by atoms with Crippen LogP contribution in [-0.4, -0.2) is 34.1 Å². The van der Waals surface area contributed by atoms with Gasteiger partial charge < -0.3 is 15.5 Å². The van der Waals surface area contributed by atoms with Crippen LogP contribution in [0.3, 0.4) is 0 Å². The first-order valence-corrected chi connectivity index (χ1v) is 11.7. The van der Waals surface area contributed by atoms with E-state index in [0.717, 1.165) is 6.42 Å². The minimum atomic E-state index is -1.26. The summed E-state index contributed by atoms with van der Waals surface area (Å²) in [5.74, 6) is -2.96. The molecule has 6 nitrogen and oxygen atoms in total. The number of carboxylic acid groups (broad SMARTS) is 2. The predicted molar refractivity (Wildman–Crippen MR) is 134 cm³/mol. The first-order valence-electron chi connectivity index (χ1n) is 11.7. The average molecular weight is 458 g/mol. The van der Waals surface area contributed by atoms with Crippen molar-refractivity contribution < 1.29 is 24.6 Å². The molecule has 0 aromatic carbocycles. The summed E-state index contributed by atoms with van der Waals surface area (Å²) in [6.45, 7) is 2.24. The molecule has 0 aromatic heterocycles. The van der Waals surface area contributed by atoms with E-state index in [-0.39, 0.29) is 12.8 Å². The predicted octanol–water partition coefficient (Wildman–Crippen LogP) is 5.90. The topological polar surface area (TPSA) is 104 Å². The molecule has 0 aliphatic rings. The largest absolute Gasteiger partial charge is 0.481 e. The number of hydrogen-bond donors (Lipinski definition) is 3. The number of carbonyl (C=O) groups excluding carboxylic acids is 1. The minimum Gasteiger partial charge on any atom is -0.481 e. The van der Waals surface area contributed by atoms with Crippen LogP contribution in [0.25, 0.3) is 0 Å². The lowest BCUT2D eigenvalue weighted by atomic mass is 10.1. The van der Waals surface area contributed by atoms with Gasteiger partial charge in [0.1, 0.15) is 6.04 Å². The van der Waals surface area contributed by atoms with Crippen molar-refractivity contribution in [1.29, 1.82) is 0 Å². The normalized spacial score (nSPS) is 13.4. The molecule has 0 fully saturated rings. The summed E-state index contributed by atoms with van der Waals surface area (Å²) < 4.78 is 0. The van der Waals surface area contributed by atoms with Crippen LogP contribution >= 0.6 is 0 Å². The van der Waals surface area contributed by atoms with Crippen LogP contribution in [0.2, 0.25) is 0 Å². The Morgan fingerprint density at radius 3 is 1.79 bits per heavy atom. The standard InChI is InChI=1S/C27H39NO5/c1-2-3-4-5-6-7-8-9-10-11-12-13-14-15-16-17-18-19-20-21-25(29)28-24(27(32)33)22-23-26(30)31/h10-21,24H,2-9,22-23H2,1H3,(H,28,29)(H,30,31)(H,32,33)/b11-10+,13-12+,15-14+,17-16+,19-18+,21-20+/t24-/m0/s1. The summed E-state index contributed by atoms with van der Waals surface area (Å²) in [7, 11) is 0. The Labute approximate surface area is 198 Å².